The molecule has 1 aromatic rings. The van der Waals surface area contributed by atoms with Crippen LogP contribution in [-0.2, 0) is 4.74 Å². The standard InChI is InChI=1S/C18H28FNO/c1-18(2,3)20-13-17(15-11-7-8-12-16(15)19)21-14-9-5-4-6-10-14/h7-8,11-12,14,17,20H,4-6,9-10,13H2,1-3H3. The molecule has 1 saturated carbocycles. The normalized spacial score (nSPS) is 18.7. The van der Waals surface area contributed by atoms with E-state index in [1.165, 1.54) is 25.3 Å². The van der Waals surface area contributed by atoms with Gasteiger partial charge in [0.2, 0.25) is 0 Å². The van der Waals surface area contributed by atoms with Crippen molar-refractivity contribution in [2.45, 2.75) is 70.6 Å². The molecule has 1 aromatic carbocycles. The van der Waals surface area contributed by atoms with Gasteiger partial charge in [0.1, 0.15) is 5.82 Å². The number of hydrogen-bond acceptors (Lipinski definition) is 2. The lowest BCUT2D eigenvalue weighted by molar-refractivity contribution is -0.0342. The van der Waals surface area contributed by atoms with E-state index in [2.05, 4.69) is 26.1 Å². The first-order valence-corrected chi connectivity index (χ1v) is 8.10. The third-order valence-electron chi connectivity index (χ3n) is 3.98. The molecule has 0 aromatic heterocycles. The summed E-state index contributed by atoms with van der Waals surface area (Å²) < 4.78 is 20.4. The van der Waals surface area contributed by atoms with Crippen molar-refractivity contribution in [3.8, 4) is 0 Å². The zero-order valence-corrected chi connectivity index (χ0v) is 13.5. The van der Waals surface area contributed by atoms with Crippen molar-refractivity contribution in [3.63, 3.8) is 0 Å². The average Bonchev–Trinajstić information content (AvgIpc) is 2.44. The fourth-order valence-electron chi connectivity index (χ4n) is 2.80. The number of nitrogens with one attached hydrogen (secondary N) is 1. The van der Waals surface area contributed by atoms with Crippen LogP contribution < -0.4 is 5.32 Å². The monoisotopic (exact) mass is 293 g/mol. The molecule has 1 fully saturated rings. The lowest BCUT2D eigenvalue weighted by Crippen LogP contribution is -2.40. The molecule has 2 nitrogen and oxygen atoms in total. The quantitative estimate of drug-likeness (QED) is 0.856. The number of ether oxygens (including phenoxy) is 1. The maximum atomic E-state index is 14.1. The summed E-state index contributed by atoms with van der Waals surface area (Å²) in [5.74, 6) is -0.172. The van der Waals surface area contributed by atoms with Gasteiger partial charge in [-0.15, -0.1) is 0 Å². The Morgan fingerprint density at radius 2 is 1.86 bits per heavy atom. The lowest BCUT2D eigenvalue weighted by atomic mass is 9.97. The Morgan fingerprint density at radius 3 is 2.48 bits per heavy atom. The van der Waals surface area contributed by atoms with Crippen LogP contribution in [0.4, 0.5) is 4.39 Å². The Labute approximate surface area is 128 Å². The molecule has 118 valence electrons. The molecule has 1 aliphatic rings. The van der Waals surface area contributed by atoms with Crippen molar-refractivity contribution < 1.29 is 9.13 Å². The van der Waals surface area contributed by atoms with E-state index < -0.39 is 0 Å². The van der Waals surface area contributed by atoms with E-state index in [1.807, 2.05) is 12.1 Å². The molecule has 0 saturated heterocycles. The highest BCUT2D eigenvalue weighted by Gasteiger charge is 2.24. The zero-order chi connectivity index (χ0) is 15.3. The van der Waals surface area contributed by atoms with Crippen LogP contribution in [0.25, 0.3) is 0 Å². The van der Waals surface area contributed by atoms with Crippen molar-refractivity contribution >= 4 is 0 Å². The first-order valence-electron chi connectivity index (χ1n) is 8.10. The highest BCUT2D eigenvalue weighted by atomic mass is 19.1. The molecule has 1 N–H and O–H groups in total. The molecule has 1 atom stereocenters. The molecule has 0 aliphatic heterocycles. The third-order valence-corrected chi connectivity index (χ3v) is 3.98. The SMILES string of the molecule is CC(C)(C)NCC(OC1CCCCC1)c1ccccc1F. The highest BCUT2D eigenvalue weighted by molar-refractivity contribution is 5.20. The summed E-state index contributed by atoms with van der Waals surface area (Å²) in [5.41, 5.74) is 0.666. The summed E-state index contributed by atoms with van der Waals surface area (Å²) in [7, 11) is 0. The molecule has 0 spiro atoms. The summed E-state index contributed by atoms with van der Waals surface area (Å²) in [6.07, 6.45) is 5.99. The Morgan fingerprint density at radius 1 is 1.19 bits per heavy atom. The molecule has 21 heavy (non-hydrogen) atoms. The van der Waals surface area contributed by atoms with Gasteiger partial charge in [0.25, 0.3) is 0 Å². The van der Waals surface area contributed by atoms with Gasteiger partial charge >= 0.3 is 0 Å². The smallest absolute Gasteiger partial charge is 0.129 e. The zero-order valence-electron chi connectivity index (χ0n) is 13.5. The summed E-state index contributed by atoms with van der Waals surface area (Å²) in [6, 6.07) is 6.97. The Hall–Kier alpha value is -0.930. The second-order valence-electron chi connectivity index (χ2n) is 7.04. The molecular weight excluding hydrogens is 265 g/mol. The van der Waals surface area contributed by atoms with Gasteiger partial charge in [-0.1, -0.05) is 37.5 Å². The van der Waals surface area contributed by atoms with Crippen molar-refractivity contribution in [2.24, 2.45) is 0 Å². The van der Waals surface area contributed by atoms with Gasteiger partial charge in [-0.25, -0.2) is 4.39 Å². The highest BCUT2D eigenvalue weighted by Crippen LogP contribution is 2.28. The molecule has 1 aliphatic carbocycles. The predicted octanol–water partition coefficient (Wildman–Crippen LogP) is 4.60. The molecule has 0 bridgehead atoms. The van der Waals surface area contributed by atoms with Crippen LogP contribution in [0.1, 0.15) is 64.5 Å². The minimum absolute atomic E-state index is 0.000564. The van der Waals surface area contributed by atoms with Crippen molar-refractivity contribution in [1.82, 2.24) is 5.32 Å². The molecular formula is C18H28FNO. The number of halogens is 1. The fraction of sp³-hybridized carbons (Fsp3) is 0.667. The van der Waals surface area contributed by atoms with Crippen LogP contribution in [0.15, 0.2) is 24.3 Å². The average molecular weight is 293 g/mol. The van der Waals surface area contributed by atoms with Gasteiger partial charge in [-0.05, 0) is 39.7 Å². The van der Waals surface area contributed by atoms with Gasteiger partial charge < -0.3 is 10.1 Å². The van der Waals surface area contributed by atoms with Crippen LogP contribution in [0.3, 0.4) is 0 Å². The molecule has 0 heterocycles. The minimum atomic E-state index is -0.214. The first kappa shape index (κ1) is 16.4. The van der Waals surface area contributed by atoms with E-state index >= 15 is 0 Å². The van der Waals surface area contributed by atoms with E-state index in [0.29, 0.717) is 12.1 Å². The second-order valence-corrected chi connectivity index (χ2v) is 7.04. The molecule has 1 unspecified atom stereocenters. The number of benzene rings is 1. The van der Waals surface area contributed by atoms with Gasteiger partial charge in [0.15, 0.2) is 0 Å². The fourth-order valence-corrected chi connectivity index (χ4v) is 2.80. The Kier molecular flexibility index (Phi) is 5.77. The van der Waals surface area contributed by atoms with Crippen molar-refractivity contribution in [3.05, 3.63) is 35.6 Å². The predicted molar refractivity (Wildman–Crippen MR) is 84.9 cm³/mol. The van der Waals surface area contributed by atoms with E-state index in [9.17, 15) is 4.39 Å². The summed E-state index contributed by atoms with van der Waals surface area (Å²) in [6.45, 7) is 6.99. The largest absolute Gasteiger partial charge is 0.369 e. The van der Waals surface area contributed by atoms with Crippen molar-refractivity contribution in [1.29, 1.82) is 0 Å². The maximum Gasteiger partial charge on any atom is 0.129 e. The van der Waals surface area contributed by atoms with E-state index in [1.54, 1.807) is 6.07 Å². The topological polar surface area (TPSA) is 21.3 Å². The maximum absolute atomic E-state index is 14.1. The summed E-state index contributed by atoms with van der Waals surface area (Å²) in [5, 5.41) is 3.45. The number of rotatable bonds is 5. The van der Waals surface area contributed by atoms with E-state index in [4.69, 9.17) is 4.74 Å². The van der Waals surface area contributed by atoms with Gasteiger partial charge in [0.05, 0.1) is 12.2 Å². The van der Waals surface area contributed by atoms with Crippen LogP contribution in [-0.4, -0.2) is 18.2 Å². The lowest BCUT2D eigenvalue weighted by Gasteiger charge is -2.30. The van der Waals surface area contributed by atoms with Gasteiger partial charge in [-0.3, -0.25) is 0 Å². The van der Waals surface area contributed by atoms with Crippen LogP contribution in [0.5, 0.6) is 0 Å². The van der Waals surface area contributed by atoms with Crippen LogP contribution in [0, 0.1) is 5.82 Å². The molecule has 0 amide bonds. The first-order chi connectivity index (χ1) is 9.96. The number of hydrogen-bond donors (Lipinski definition) is 1. The summed E-state index contributed by atoms with van der Waals surface area (Å²) in [4.78, 5) is 0. The minimum Gasteiger partial charge on any atom is -0.369 e. The molecule has 3 heteroatoms. The third kappa shape index (κ3) is 5.40. The van der Waals surface area contributed by atoms with Crippen molar-refractivity contribution in [2.75, 3.05) is 6.54 Å². The van der Waals surface area contributed by atoms with E-state index in [0.717, 1.165) is 12.8 Å². The molecule has 0 radical (unpaired) electrons. The second kappa shape index (κ2) is 7.37. The van der Waals surface area contributed by atoms with Gasteiger partial charge in [-0.2, -0.15) is 0 Å². The van der Waals surface area contributed by atoms with Crippen LogP contribution in [0.2, 0.25) is 0 Å². The molecule has 2 rings (SSSR count). The summed E-state index contributed by atoms with van der Waals surface area (Å²) >= 11 is 0. The Balaban J connectivity index is 2.07. The van der Waals surface area contributed by atoms with Crippen LogP contribution >= 0.6 is 0 Å². The van der Waals surface area contributed by atoms with E-state index in [-0.39, 0.29) is 23.6 Å². The van der Waals surface area contributed by atoms with Gasteiger partial charge in [0, 0.05) is 17.6 Å². The Bertz CT molecular complexity index is 435.